The van der Waals surface area contributed by atoms with Crippen LogP contribution in [0.5, 0.6) is 0 Å². The van der Waals surface area contributed by atoms with Crippen molar-refractivity contribution in [2.45, 2.75) is 25.0 Å². The van der Waals surface area contributed by atoms with Gasteiger partial charge in [-0.3, -0.25) is 9.52 Å². The fourth-order valence-corrected chi connectivity index (χ4v) is 3.03. The minimum absolute atomic E-state index is 0.202. The molecule has 1 saturated carbocycles. The van der Waals surface area contributed by atoms with Gasteiger partial charge in [0, 0.05) is 17.3 Å². The van der Waals surface area contributed by atoms with E-state index < -0.39 is 10.0 Å². The van der Waals surface area contributed by atoms with E-state index in [4.69, 9.17) is 0 Å². The largest absolute Gasteiger partial charge is 0.289 e. The van der Waals surface area contributed by atoms with Crippen molar-refractivity contribution in [2.24, 2.45) is 0 Å². The first-order valence-corrected chi connectivity index (χ1v) is 7.33. The highest BCUT2D eigenvalue weighted by molar-refractivity contribution is 7.90. The molecule has 1 aliphatic carbocycles. The monoisotopic (exact) mass is 265 g/mol. The van der Waals surface area contributed by atoms with Gasteiger partial charge in [-0.05, 0) is 19.8 Å². The molecule has 0 amide bonds. The summed E-state index contributed by atoms with van der Waals surface area (Å²) in [4.78, 5) is 11.8. The zero-order chi connectivity index (χ0) is 13.2. The lowest BCUT2D eigenvalue weighted by Crippen LogP contribution is -2.26. The van der Waals surface area contributed by atoms with Gasteiger partial charge >= 0.3 is 0 Å². The van der Waals surface area contributed by atoms with Crippen LogP contribution in [0.25, 0.3) is 0 Å². The third kappa shape index (κ3) is 3.20. The molecule has 4 nitrogen and oxygen atoms in total. The van der Waals surface area contributed by atoms with Crippen LogP contribution >= 0.6 is 0 Å². The summed E-state index contributed by atoms with van der Waals surface area (Å²) >= 11 is 0. The van der Waals surface area contributed by atoms with Crippen LogP contribution in [-0.2, 0) is 10.0 Å². The van der Waals surface area contributed by atoms with E-state index in [9.17, 15) is 13.2 Å². The second kappa shape index (κ2) is 4.94. The van der Waals surface area contributed by atoms with Gasteiger partial charge in [0.05, 0.1) is 5.25 Å². The molecule has 0 atom stereocenters. The first-order chi connectivity index (χ1) is 8.49. The molecule has 5 heteroatoms. The summed E-state index contributed by atoms with van der Waals surface area (Å²) < 4.78 is 25.7. The molecule has 0 unspecified atom stereocenters. The minimum Gasteiger partial charge on any atom is -0.289 e. The van der Waals surface area contributed by atoms with Crippen LogP contribution < -0.4 is 4.72 Å². The van der Waals surface area contributed by atoms with Gasteiger partial charge in [0.15, 0.2) is 5.78 Å². The molecule has 1 N–H and O–H groups in total. The van der Waals surface area contributed by atoms with Crippen LogP contribution in [0.2, 0.25) is 0 Å². The highest BCUT2D eigenvalue weighted by Crippen LogP contribution is 2.27. The van der Waals surface area contributed by atoms with E-state index in [0.717, 1.165) is 0 Å². The maximum atomic E-state index is 11.8. The van der Waals surface area contributed by atoms with Crippen molar-refractivity contribution in [1.29, 1.82) is 0 Å². The van der Waals surface area contributed by atoms with E-state index in [1.54, 1.807) is 31.2 Å². The van der Waals surface area contributed by atoms with Crippen molar-refractivity contribution in [2.75, 3.05) is 0 Å². The number of benzene rings is 1. The number of ketones is 1. The zero-order valence-electron chi connectivity index (χ0n) is 10.1. The van der Waals surface area contributed by atoms with Crippen molar-refractivity contribution in [3.63, 3.8) is 0 Å². The molecule has 0 bridgehead atoms. The Morgan fingerprint density at radius 3 is 2.44 bits per heavy atom. The molecule has 0 saturated heterocycles. The normalized spacial score (nSPS) is 16.4. The Balaban J connectivity index is 2.07. The summed E-state index contributed by atoms with van der Waals surface area (Å²) in [7, 11) is -3.28. The van der Waals surface area contributed by atoms with Gasteiger partial charge in [0.25, 0.3) is 0 Å². The number of carbonyl (C=O) groups excluding carboxylic acids is 1. The van der Waals surface area contributed by atoms with Crippen LogP contribution in [0.1, 0.15) is 30.1 Å². The van der Waals surface area contributed by atoms with Gasteiger partial charge in [-0.15, -0.1) is 0 Å². The third-order valence-electron chi connectivity index (χ3n) is 2.67. The van der Waals surface area contributed by atoms with E-state index in [1.165, 1.54) is 6.08 Å². The van der Waals surface area contributed by atoms with Crippen molar-refractivity contribution in [3.8, 4) is 0 Å². The van der Waals surface area contributed by atoms with Gasteiger partial charge in [-0.25, -0.2) is 8.42 Å². The molecule has 0 spiro atoms. The maximum absolute atomic E-state index is 11.8. The highest BCUT2D eigenvalue weighted by atomic mass is 32.2. The zero-order valence-corrected chi connectivity index (χ0v) is 10.9. The fraction of sp³-hybridized carbons (Fsp3) is 0.308. The van der Waals surface area contributed by atoms with Gasteiger partial charge in [0.1, 0.15) is 0 Å². The summed E-state index contributed by atoms with van der Waals surface area (Å²) in [5, 5.41) is -0.285. The van der Waals surface area contributed by atoms with E-state index in [1.807, 2.05) is 6.07 Å². The van der Waals surface area contributed by atoms with E-state index in [0.29, 0.717) is 24.1 Å². The van der Waals surface area contributed by atoms with Gasteiger partial charge < -0.3 is 0 Å². The average molecular weight is 265 g/mol. The lowest BCUT2D eigenvalue weighted by atomic mass is 10.1. The Bertz CT molecular complexity index is 572. The van der Waals surface area contributed by atoms with Gasteiger partial charge in [0.2, 0.25) is 10.0 Å². The fourth-order valence-electron chi connectivity index (χ4n) is 1.60. The molecule has 0 aromatic heterocycles. The predicted molar refractivity (Wildman–Crippen MR) is 69.6 cm³/mol. The Kier molecular flexibility index (Phi) is 3.52. The van der Waals surface area contributed by atoms with Crippen molar-refractivity contribution < 1.29 is 13.2 Å². The summed E-state index contributed by atoms with van der Waals surface area (Å²) in [6.45, 7) is 1.58. The molecule has 1 fully saturated rings. The SMILES string of the molecule is C/C(=C\C(=O)c1ccccc1)NS(=O)(=O)C1CC1. The van der Waals surface area contributed by atoms with Crippen LogP contribution in [0.4, 0.5) is 0 Å². The first kappa shape index (κ1) is 12.8. The first-order valence-electron chi connectivity index (χ1n) is 5.78. The van der Waals surface area contributed by atoms with Gasteiger partial charge in [-0.1, -0.05) is 30.3 Å². The molecule has 2 rings (SSSR count). The summed E-state index contributed by atoms with van der Waals surface area (Å²) in [6.07, 6.45) is 2.72. The van der Waals surface area contributed by atoms with Crippen LogP contribution in [0, 0.1) is 0 Å². The predicted octanol–water partition coefficient (Wildman–Crippen LogP) is 1.85. The quantitative estimate of drug-likeness (QED) is 0.653. The number of hydrogen-bond donors (Lipinski definition) is 1. The maximum Gasteiger partial charge on any atom is 0.235 e. The molecule has 96 valence electrons. The summed E-state index contributed by atoms with van der Waals surface area (Å²) in [5.74, 6) is -0.202. The number of rotatable bonds is 5. The minimum atomic E-state index is -3.28. The van der Waals surface area contributed by atoms with E-state index in [-0.39, 0.29) is 11.0 Å². The smallest absolute Gasteiger partial charge is 0.235 e. The van der Waals surface area contributed by atoms with Crippen LogP contribution in [-0.4, -0.2) is 19.5 Å². The summed E-state index contributed by atoms with van der Waals surface area (Å²) in [5.41, 5.74) is 0.901. The van der Waals surface area contributed by atoms with E-state index in [2.05, 4.69) is 4.72 Å². The number of nitrogens with one attached hydrogen (secondary N) is 1. The standard InChI is InChI=1S/C13H15NO3S/c1-10(14-18(16,17)12-7-8-12)9-13(15)11-5-3-2-4-6-11/h2-6,9,12,14H,7-8H2,1H3/b10-9+. The number of hydrogen-bond acceptors (Lipinski definition) is 3. The van der Waals surface area contributed by atoms with E-state index >= 15 is 0 Å². The average Bonchev–Trinajstić information content (AvgIpc) is 3.13. The number of allylic oxidation sites excluding steroid dienone is 2. The molecule has 0 radical (unpaired) electrons. The Morgan fingerprint density at radius 2 is 1.89 bits per heavy atom. The summed E-state index contributed by atoms with van der Waals surface area (Å²) in [6, 6.07) is 8.75. The molecular weight excluding hydrogens is 250 g/mol. The topological polar surface area (TPSA) is 63.2 Å². The number of sulfonamides is 1. The van der Waals surface area contributed by atoms with Crippen LogP contribution in [0.3, 0.4) is 0 Å². The Morgan fingerprint density at radius 1 is 1.28 bits per heavy atom. The highest BCUT2D eigenvalue weighted by Gasteiger charge is 2.35. The Hall–Kier alpha value is -1.62. The van der Waals surface area contributed by atoms with Crippen LogP contribution in [0.15, 0.2) is 42.1 Å². The Labute approximate surface area is 107 Å². The molecular formula is C13H15NO3S. The number of carbonyl (C=O) groups is 1. The molecule has 0 aliphatic heterocycles. The van der Waals surface area contributed by atoms with Crippen molar-refractivity contribution in [3.05, 3.63) is 47.7 Å². The van der Waals surface area contributed by atoms with Crippen molar-refractivity contribution in [1.82, 2.24) is 4.72 Å². The lowest BCUT2D eigenvalue weighted by molar-refractivity contribution is 0.104. The second-order valence-corrected chi connectivity index (χ2v) is 6.36. The molecule has 18 heavy (non-hydrogen) atoms. The molecule has 1 aromatic carbocycles. The lowest BCUT2D eigenvalue weighted by Gasteiger charge is -2.06. The molecule has 1 aromatic rings. The molecule has 1 aliphatic rings. The van der Waals surface area contributed by atoms with Gasteiger partial charge in [-0.2, -0.15) is 0 Å². The second-order valence-electron chi connectivity index (χ2n) is 4.40. The van der Waals surface area contributed by atoms with Crippen molar-refractivity contribution >= 4 is 15.8 Å². The third-order valence-corrected chi connectivity index (χ3v) is 4.63. The molecule has 0 heterocycles.